The summed E-state index contributed by atoms with van der Waals surface area (Å²) in [6, 6.07) is 6.97. The number of ether oxygens (including phenoxy) is 1. The third-order valence-corrected chi connectivity index (χ3v) is 4.27. The van der Waals surface area contributed by atoms with Gasteiger partial charge in [0.25, 0.3) is 11.8 Å². The third kappa shape index (κ3) is 2.36. The maximum absolute atomic E-state index is 12.6. The average molecular weight is 326 g/mol. The molecule has 8 heteroatoms. The van der Waals surface area contributed by atoms with Crippen molar-refractivity contribution >= 4 is 28.9 Å². The predicted molar refractivity (Wildman–Crippen MR) is 82.0 cm³/mol. The van der Waals surface area contributed by atoms with Crippen molar-refractivity contribution in [3.8, 4) is 0 Å². The van der Waals surface area contributed by atoms with Crippen LogP contribution in [0.3, 0.4) is 0 Å². The molecule has 2 fully saturated rings. The van der Waals surface area contributed by atoms with Crippen LogP contribution in [-0.2, 0) is 9.53 Å². The van der Waals surface area contributed by atoms with Crippen LogP contribution in [0.25, 0.3) is 11.0 Å². The van der Waals surface area contributed by atoms with Crippen LogP contribution in [0.5, 0.6) is 0 Å². The maximum atomic E-state index is 12.6. The van der Waals surface area contributed by atoms with E-state index in [4.69, 9.17) is 4.74 Å². The van der Waals surface area contributed by atoms with Gasteiger partial charge in [0.2, 0.25) is 0 Å². The average Bonchev–Trinajstić information content (AvgIpc) is 3.20. The maximum Gasteiger partial charge on any atom is 0.417 e. The van der Waals surface area contributed by atoms with Crippen LogP contribution in [0.2, 0.25) is 0 Å². The largest absolute Gasteiger partial charge is 0.439 e. The summed E-state index contributed by atoms with van der Waals surface area (Å²) < 4.78 is 4.73. The molecule has 2 aliphatic rings. The number of hydrogen-bond acceptors (Lipinski definition) is 6. The summed E-state index contributed by atoms with van der Waals surface area (Å²) in [4.78, 5) is 47.2. The second-order valence-corrected chi connectivity index (χ2v) is 5.76. The highest BCUT2D eigenvalue weighted by Gasteiger charge is 2.41. The number of likely N-dealkylation sites (tertiary alicyclic amines) is 1. The molecule has 2 aromatic rings. The number of para-hydroxylation sites is 2. The quantitative estimate of drug-likeness (QED) is 0.811. The highest BCUT2D eigenvalue weighted by Crippen LogP contribution is 2.21. The summed E-state index contributed by atoms with van der Waals surface area (Å²) in [5, 5.41) is 0. The number of cyclic esters (lactones) is 1. The van der Waals surface area contributed by atoms with Crippen LogP contribution < -0.4 is 0 Å². The Hall–Kier alpha value is -3.03. The molecule has 1 aromatic heterocycles. The molecule has 0 radical (unpaired) electrons. The number of hydrogen-bond donors (Lipinski definition) is 0. The van der Waals surface area contributed by atoms with Crippen molar-refractivity contribution in [1.82, 2.24) is 19.8 Å². The van der Waals surface area contributed by atoms with Gasteiger partial charge in [0.1, 0.15) is 5.69 Å². The lowest BCUT2D eigenvalue weighted by Crippen LogP contribution is -2.42. The molecule has 3 heterocycles. The van der Waals surface area contributed by atoms with Crippen molar-refractivity contribution in [3.63, 3.8) is 0 Å². The number of carbonyl (C=O) groups is 3. The van der Waals surface area contributed by atoms with E-state index >= 15 is 0 Å². The van der Waals surface area contributed by atoms with E-state index in [0.29, 0.717) is 18.5 Å². The molecular weight excluding hydrogens is 312 g/mol. The van der Waals surface area contributed by atoms with Crippen molar-refractivity contribution in [2.75, 3.05) is 19.7 Å². The fraction of sp³-hybridized carbons (Fsp3) is 0.312. The molecule has 24 heavy (non-hydrogen) atoms. The van der Waals surface area contributed by atoms with Crippen molar-refractivity contribution in [2.45, 2.75) is 12.5 Å². The number of aromatic nitrogens is 2. The van der Waals surface area contributed by atoms with E-state index in [-0.39, 0.29) is 36.7 Å². The first kappa shape index (κ1) is 14.6. The third-order valence-electron chi connectivity index (χ3n) is 4.27. The molecule has 1 unspecified atom stereocenters. The normalized spacial score (nSPS) is 20.8. The Morgan fingerprint density at radius 2 is 2.00 bits per heavy atom. The number of fused-ring (bicyclic) bond motifs is 1. The number of amides is 3. The first-order valence-electron chi connectivity index (χ1n) is 7.63. The van der Waals surface area contributed by atoms with Crippen LogP contribution in [0.15, 0.2) is 30.5 Å². The molecule has 2 aliphatic heterocycles. The molecule has 0 N–H and O–H groups in total. The van der Waals surface area contributed by atoms with Gasteiger partial charge >= 0.3 is 6.09 Å². The Morgan fingerprint density at radius 3 is 2.75 bits per heavy atom. The molecule has 0 aliphatic carbocycles. The molecule has 122 valence electrons. The molecule has 0 bridgehead atoms. The Morgan fingerprint density at radius 1 is 1.21 bits per heavy atom. The molecule has 2 saturated heterocycles. The zero-order valence-corrected chi connectivity index (χ0v) is 12.7. The highest BCUT2D eigenvalue weighted by molar-refractivity contribution is 5.98. The molecule has 0 saturated carbocycles. The Kier molecular flexibility index (Phi) is 3.37. The van der Waals surface area contributed by atoms with Gasteiger partial charge in [-0.05, 0) is 18.6 Å². The van der Waals surface area contributed by atoms with Crippen molar-refractivity contribution in [2.24, 2.45) is 0 Å². The summed E-state index contributed by atoms with van der Waals surface area (Å²) in [6.45, 7) is 0.517. The fourth-order valence-electron chi connectivity index (χ4n) is 3.08. The first-order chi connectivity index (χ1) is 11.6. The summed E-state index contributed by atoms with van der Waals surface area (Å²) >= 11 is 0. The van der Waals surface area contributed by atoms with E-state index < -0.39 is 6.09 Å². The van der Waals surface area contributed by atoms with Crippen molar-refractivity contribution < 1.29 is 19.1 Å². The van der Waals surface area contributed by atoms with E-state index in [9.17, 15) is 14.4 Å². The smallest absolute Gasteiger partial charge is 0.417 e. The minimum absolute atomic E-state index is 0.223. The standard InChI is InChI=1S/C16H14N4O4/c21-14-9-24-16(23)20(14)10-5-6-19(8-10)15(22)13-7-17-11-3-1-2-4-12(11)18-13/h1-4,7,10H,5-6,8-9H2. The van der Waals surface area contributed by atoms with Gasteiger partial charge in [0.15, 0.2) is 6.61 Å². The monoisotopic (exact) mass is 326 g/mol. The van der Waals surface area contributed by atoms with Crippen LogP contribution >= 0.6 is 0 Å². The predicted octanol–water partition coefficient (Wildman–Crippen LogP) is 0.823. The van der Waals surface area contributed by atoms with Gasteiger partial charge in [-0.3, -0.25) is 14.6 Å². The van der Waals surface area contributed by atoms with Crippen molar-refractivity contribution in [1.29, 1.82) is 0 Å². The molecule has 4 rings (SSSR count). The summed E-state index contributed by atoms with van der Waals surface area (Å²) in [7, 11) is 0. The van der Waals surface area contributed by atoms with E-state index in [1.54, 1.807) is 11.0 Å². The lowest BCUT2D eigenvalue weighted by atomic mass is 10.2. The van der Waals surface area contributed by atoms with Crippen LogP contribution in [0, 0.1) is 0 Å². The van der Waals surface area contributed by atoms with Gasteiger partial charge in [-0.2, -0.15) is 0 Å². The van der Waals surface area contributed by atoms with E-state index in [1.807, 2.05) is 18.2 Å². The Bertz CT molecular complexity index is 837. The van der Waals surface area contributed by atoms with Crippen LogP contribution in [0.1, 0.15) is 16.9 Å². The summed E-state index contributed by atoms with van der Waals surface area (Å²) in [5.74, 6) is -0.611. The topological polar surface area (TPSA) is 92.7 Å². The minimum Gasteiger partial charge on any atom is -0.439 e. The molecule has 3 amide bonds. The second-order valence-electron chi connectivity index (χ2n) is 5.76. The van der Waals surface area contributed by atoms with Gasteiger partial charge in [0, 0.05) is 13.1 Å². The Labute approximate surface area is 137 Å². The minimum atomic E-state index is -0.634. The number of imide groups is 1. The number of benzene rings is 1. The lowest BCUT2D eigenvalue weighted by Gasteiger charge is -2.20. The lowest BCUT2D eigenvalue weighted by molar-refractivity contribution is -0.127. The number of carbonyl (C=O) groups excluding carboxylic acids is 3. The van der Waals surface area contributed by atoms with Crippen LogP contribution in [0.4, 0.5) is 4.79 Å². The molecule has 1 atom stereocenters. The number of rotatable bonds is 2. The van der Waals surface area contributed by atoms with Crippen molar-refractivity contribution in [3.05, 3.63) is 36.2 Å². The highest BCUT2D eigenvalue weighted by atomic mass is 16.6. The van der Waals surface area contributed by atoms with Gasteiger partial charge in [-0.25, -0.2) is 14.7 Å². The fourth-order valence-corrected chi connectivity index (χ4v) is 3.08. The van der Waals surface area contributed by atoms with Gasteiger partial charge < -0.3 is 9.64 Å². The summed E-state index contributed by atoms with van der Waals surface area (Å²) in [6.07, 6.45) is 1.35. The second kappa shape index (κ2) is 5.55. The van der Waals surface area contributed by atoms with Gasteiger partial charge in [-0.1, -0.05) is 12.1 Å². The zero-order chi connectivity index (χ0) is 16.7. The Balaban J connectivity index is 1.52. The first-order valence-corrected chi connectivity index (χ1v) is 7.63. The summed E-state index contributed by atoms with van der Waals surface area (Å²) in [5.41, 5.74) is 1.63. The van der Waals surface area contributed by atoms with E-state index in [2.05, 4.69) is 9.97 Å². The van der Waals surface area contributed by atoms with Crippen LogP contribution in [-0.4, -0.2) is 63.4 Å². The van der Waals surface area contributed by atoms with E-state index in [0.717, 1.165) is 10.4 Å². The van der Waals surface area contributed by atoms with Gasteiger partial charge in [0.05, 0.1) is 23.3 Å². The zero-order valence-electron chi connectivity index (χ0n) is 12.7. The molecule has 1 aromatic carbocycles. The van der Waals surface area contributed by atoms with E-state index in [1.165, 1.54) is 6.20 Å². The molecular formula is C16H14N4O4. The number of nitrogens with zero attached hydrogens (tertiary/aromatic N) is 4. The SMILES string of the molecule is O=C(c1cnc2ccccc2n1)N1CCC(N2C(=O)COC2=O)C1. The molecule has 0 spiro atoms. The van der Waals surface area contributed by atoms with Gasteiger partial charge in [-0.15, -0.1) is 0 Å². The molecule has 8 nitrogen and oxygen atoms in total.